The zero-order chi connectivity index (χ0) is 21.7. The van der Waals surface area contributed by atoms with Crippen molar-refractivity contribution in [2.45, 2.75) is 80.1 Å². The summed E-state index contributed by atoms with van der Waals surface area (Å²) in [6.07, 6.45) is 9.36. The first-order valence-electron chi connectivity index (χ1n) is 9.90. The number of hydrogen-bond donors (Lipinski definition) is 0. The van der Waals surface area contributed by atoms with Gasteiger partial charge in [-0.25, -0.2) is 0 Å². The van der Waals surface area contributed by atoms with Crippen LogP contribution in [0.5, 0.6) is 0 Å². The minimum atomic E-state index is 0.0365. The zero-order valence-corrected chi connectivity index (χ0v) is 18.6. The van der Waals surface area contributed by atoms with Crippen LogP contribution in [0.25, 0.3) is 0 Å². The molecule has 3 nitrogen and oxygen atoms in total. The summed E-state index contributed by atoms with van der Waals surface area (Å²) in [5.41, 5.74) is 2.49. The molecule has 3 heteroatoms. The van der Waals surface area contributed by atoms with Gasteiger partial charge in [-0.2, -0.15) is 10.5 Å². The summed E-state index contributed by atoms with van der Waals surface area (Å²) in [6, 6.07) is 4.27. The first-order valence-corrected chi connectivity index (χ1v) is 9.90. The molecule has 27 heavy (non-hydrogen) atoms. The average molecular weight is 372 g/mol. The van der Waals surface area contributed by atoms with Gasteiger partial charge in [0, 0.05) is 6.42 Å². The molecule has 2 unspecified atom stereocenters. The van der Waals surface area contributed by atoms with E-state index in [0.29, 0.717) is 18.8 Å². The van der Waals surface area contributed by atoms with Crippen LogP contribution in [-0.4, -0.2) is 13.3 Å². The van der Waals surface area contributed by atoms with E-state index in [4.69, 9.17) is 10.5 Å². The second kappa shape index (κ2) is 20.2. The normalized spacial score (nSPS) is 13.1. The molecule has 0 rings (SSSR count). The summed E-state index contributed by atoms with van der Waals surface area (Å²) in [5.74, 6) is 0.593. The van der Waals surface area contributed by atoms with Gasteiger partial charge in [-0.05, 0) is 43.7 Å². The molecule has 0 aliphatic carbocycles. The predicted molar refractivity (Wildman–Crippen MR) is 121 cm³/mol. The number of nitriles is 2. The van der Waals surface area contributed by atoms with Crippen molar-refractivity contribution in [3.05, 3.63) is 36.5 Å². The fraction of sp³-hybridized carbons (Fsp3) is 0.625. The molecule has 0 saturated heterocycles. The summed E-state index contributed by atoms with van der Waals surface area (Å²) in [7, 11) is 0. The monoisotopic (exact) mass is 371 g/mol. The minimum absolute atomic E-state index is 0.0365. The molecular weight excluding hydrogens is 330 g/mol. The second-order valence-corrected chi connectivity index (χ2v) is 6.85. The topological polar surface area (TPSA) is 59.9 Å². The van der Waals surface area contributed by atoms with E-state index in [1.807, 2.05) is 13.0 Å². The zero-order valence-electron chi connectivity index (χ0n) is 18.6. The van der Waals surface area contributed by atoms with Gasteiger partial charge in [-0.3, -0.25) is 4.99 Å². The van der Waals surface area contributed by atoms with Crippen molar-refractivity contribution >= 4 is 6.72 Å². The smallest absolute Gasteiger partial charge is 0.0666 e. The van der Waals surface area contributed by atoms with E-state index in [1.54, 1.807) is 0 Å². The van der Waals surface area contributed by atoms with E-state index in [9.17, 15) is 0 Å². The average Bonchev–Trinajstić information content (AvgIpc) is 2.68. The molecule has 0 bridgehead atoms. The maximum Gasteiger partial charge on any atom is 0.0666 e. The third kappa shape index (κ3) is 18.5. The van der Waals surface area contributed by atoms with Gasteiger partial charge in [0.25, 0.3) is 0 Å². The van der Waals surface area contributed by atoms with Crippen molar-refractivity contribution in [2.75, 3.05) is 6.54 Å². The van der Waals surface area contributed by atoms with Gasteiger partial charge >= 0.3 is 0 Å². The summed E-state index contributed by atoms with van der Waals surface area (Å²) in [6.45, 7) is 24.3. The number of hydrogen-bond acceptors (Lipinski definition) is 3. The maximum atomic E-state index is 8.37. The molecule has 152 valence electrons. The predicted octanol–water partition coefficient (Wildman–Crippen LogP) is 7.44. The Labute approximate surface area is 169 Å². The minimum Gasteiger partial charge on any atom is -0.297 e. The Morgan fingerprint density at radius 1 is 1.19 bits per heavy atom. The lowest BCUT2D eigenvalue weighted by Gasteiger charge is -2.18. The molecule has 0 aromatic rings. The molecule has 0 aliphatic heterocycles. The summed E-state index contributed by atoms with van der Waals surface area (Å²) in [4.78, 5) is 3.76. The van der Waals surface area contributed by atoms with Crippen LogP contribution in [0.1, 0.15) is 80.1 Å². The van der Waals surface area contributed by atoms with Gasteiger partial charge in [0.2, 0.25) is 0 Å². The third-order valence-corrected chi connectivity index (χ3v) is 4.66. The molecule has 0 fully saturated rings. The van der Waals surface area contributed by atoms with Crippen LogP contribution in [0.15, 0.2) is 41.4 Å². The van der Waals surface area contributed by atoms with E-state index < -0.39 is 0 Å². The summed E-state index contributed by atoms with van der Waals surface area (Å²) < 4.78 is 0. The Balaban J connectivity index is -0.000000320. The number of aliphatic imine (C=N–C) groups is 1. The van der Waals surface area contributed by atoms with Crippen LogP contribution >= 0.6 is 0 Å². The lowest BCUT2D eigenvalue weighted by Crippen LogP contribution is -2.09. The highest BCUT2D eigenvalue weighted by Crippen LogP contribution is 2.25. The summed E-state index contributed by atoms with van der Waals surface area (Å²) >= 11 is 0. The van der Waals surface area contributed by atoms with Gasteiger partial charge < -0.3 is 0 Å². The molecule has 0 N–H and O–H groups in total. The van der Waals surface area contributed by atoms with E-state index in [-0.39, 0.29) is 5.41 Å². The van der Waals surface area contributed by atoms with Gasteiger partial charge in [0.15, 0.2) is 0 Å². The standard InChI is InChI=1S/C8H15N.2C8H13N/c1-5-7(2)8(3)6-9-4;1-4-8(3,5-2)6-7-9;1-3-5-8(4-2)6-7-9/h7H,3-6H2,1-2H3;4H,1,5-6H2,2-3H3;5H,3-4,6H2,1-2H3/b;;8-5-. The number of allylic oxidation sites excluding steroid dienone is 3. The fourth-order valence-electron chi connectivity index (χ4n) is 1.84. The Hall–Kier alpha value is -2.13. The second-order valence-electron chi connectivity index (χ2n) is 6.85. The Morgan fingerprint density at radius 2 is 1.78 bits per heavy atom. The molecule has 0 radical (unpaired) electrons. The van der Waals surface area contributed by atoms with Crippen molar-refractivity contribution in [1.29, 1.82) is 10.5 Å². The van der Waals surface area contributed by atoms with Gasteiger partial charge in [-0.15, -0.1) is 6.58 Å². The van der Waals surface area contributed by atoms with Crippen molar-refractivity contribution < 1.29 is 0 Å². The third-order valence-electron chi connectivity index (χ3n) is 4.66. The maximum absolute atomic E-state index is 8.37. The Kier molecular flexibility index (Phi) is 22.1. The lowest BCUT2D eigenvalue weighted by atomic mass is 9.85. The van der Waals surface area contributed by atoms with Crippen LogP contribution in [0, 0.1) is 34.0 Å². The molecule has 0 aliphatic rings. The van der Waals surface area contributed by atoms with Crippen molar-refractivity contribution in [1.82, 2.24) is 0 Å². The largest absolute Gasteiger partial charge is 0.297 e. The van der Waals surface area contributed by atoms with Crippen LogP contribution in [0.2, 0.25) is 0 Å². The highest BCUT2D eigenvalue weighted by molar-refractivity contribution is 5.25. The van der Waals surface area contributed by atoms with E-state index >= 15 is 0 Å². The Bertz CT molecular complexity index is 517. The van der Waals surface area contributed by atoms with Gasteiger partial charge in [-0.1, -0.05) is 71.4 Å². The van der Waals surface area contributed by atoms with E-state index in [1.165, 1.54) is 11.1 Å². The SMILES string of the molecule is C=CC(C)(CC)CC#N.C=NCC(=C)C(C)CC.CC/C=C(/CC)CC#N. The quantitative estimate of drug-likeness (QED) is 0.296. The molecule has 0 saturated carbocycles. The van der Waals surface area contributed by atoms with Crippen LogP contribution < -0.4 is 0 Å². The molecular formula is C24H41N3. The van der Waals surface area contributed by atoms with E-state index in [2.05, 4.69) is 77.7 Å². The fourth-order valence-corrected chi connectivity index (χ4v) is 1.84. The first kappa shape index (κ1) is 29.6. The molecule has 0 aromatic heterocycles. The highest BCUT2D eigenvalue weighted by atomic mass is 14.7. The van der Waals surface area contributed by atoms with Crippen molar-refractivity contribution in [3.63, 3.8) is 0 Å². The molecule has 2 atom stereocenters. The molecule has 0 aromatic carbocycles. The molecule has 0 amide bonds. The molecule has 0 spiro atoms. The Morgan fingerprint density at radius 3 is 2.04 bits per heavy atom. The van der Waals surface area contributed by atoms with Crippen molar-refractivity contribution in [2.24, 2.45) is 16.3 Å². The highest BCUT2D eigenvalue weighted by Gasteiger charge is 2.15. The van der Waals surface area contributed by atoms with Gasteiger partial charge in [0.05, 0.1) is 25.1 Å². The van der Waals surface area contributed by atoms with Crippen LogP contribution in [0.3, 0.4) is 0 Å². The molecule has 0 heterocycles. The first-order chi connectivity index (χ1) is 12.7. The number of rotatable bonds is 10. The van der Waals surface area contributed by atoms with Crippen molar-refractivity contribution in [3.8, 4) is 12.1 Å². The van der Waals surface area contributed by atoms with E-state index in [0.717, 1.165) is 32.2 Å². The van der Waals surface area contributed by atoms with Crippen LogP contribution in [0.4, 0.5) is 0 Å². The van der Waals surface area contributed by atoms with Crippen LogP contribution in [-0.2, 0) is 0 Å². The lowest BCUT2D eigenvalue weighted by molar-refractivity contribution is 0.423. The van der Waals surface area contributed by atoms with Gasteiger partial charge in [0.1, 0.15) is 0 Å². The number of nitrogens with zero attached hydrogens (tertiary/aromatic N) is 3. The summed E-state index contributed by atoms with van der Waals surface area (Å²) in [5, 5.41) is 16.7.